The molecule has 2 nitrogen and oxygen atoms in total. The minimum Gasteiger partial charge on any atom is -0.294 e. The van der Waals surface area contributed by atoms with E-state index in [0.29, 0.717) is 0 Å². The van der Waals surface area contributed by atoms with Crippen molar-refractivity contribution in [3.8, 4) is 0 Å². The third-order valence-corrected chi connectivity index (χ3v) is 15.5. The molecule has 0 amide bonds. The SMILES string of the molecule is C1CCC(N(C2CCCCC2)C2CCC(C3CCC(C4CCC(N(C5CCCCC5)C5CCCCC5)CC4)CC3)CC2)CC1. The monoisotopic (exact) mass is 607 g/mol. The van der Waals surface area contributed by atoms with Gasteiger partial charge in [-0.1, -0.05) is 77.0 Å². The molecule has 252 valence electrons. The second-order valence-corrected chi connectivity index (χ2v) is 17.9. The molecule has 0 heterocycles. The summed E-state index contributed by atoms with van der Waals surface area (Å²) in [6, 6.07) is 5.64. The summed E-state index contributed by atoms with van der Waals surface area (Å²) in [6.45, 7) is 0. The van der Waals surface area contributed by atoms with Crippen LogP contribution in [0.3, 0.4) is 0 Å². The van der Waals surface area contributed by atoms with Crippen LogP contribution in [0.1, 0.15) is 205 Å². The largest absolute Gasteiger partial charge is 0.294 e. The minimum atomic E-state index is 0.936. The lowest BCUT2D eigenvalue weighted by molar-refractivity contribution is 0.00131. The van der Waals surface area contributed by atoms with Gasteiger partial charge in [0.25, 0.3) is 0 Å². The molecule has 0 aliphatic heterocycles. The highest BCUT2D eigenvalue weighted by atomic mass is 15.2. The van der Waals surface area contributed by atoms with Crippen molar-refractivity contribution in [3.63, 3.8) is 0 Å². The fourth-order valence-electron chi connectivity index (χ4n) is 13.1. The maximum absolute atomic E-state index is 3.20. The minimum absolute atomic E-state index is 0.936. The summed E-state index contributed by atoms with van der Waals surface area (Å²) >= 11 is 0. The predicted octanol–water partition coefficient (Wildman–Crippen LogP) is 11.8. The summed E-state index contributed by atoms with van der Waals surface area (Å²) in [5.74, 6) is 4.30. The Balaban J connectivity index is 0.870. The Kier molecular flexibility index (Phi) is 12.1. The zero-order chi connectivity index (χ0) is 29.6. The molecular formula is C42H74N2. The lowest BCUT2D eigenvalue weighted by Crippen LogP contribution is -2.52. The van der Waals surface area contributed by atoms with E-state index in [-0.39, 0.29) is 0 Å². The Morgan fingerprint density at radius 2 is 0.364 bits per heavy atom. The molecule has 0 unspecified atom stereocenters. The summed E-state index contributed by atoms with van der Waals surface area (Å²) in [7, 11) is 0. The summed E-state index contributed by atoms with van der Waals surface area (Å²) in [4.78, 5) is 6.40. The van der Waals surface area contributed by atoms with Gasteiger partial charge in [-0.3, -0.25) is 9.80 Å². The van der Waals surface area contributed by atoms with Crippen molar-refractivity contribution in [2.24, 2.45) is 23.7 Å². The van der Waals surface area contributed by atoms with Crippen molar-refractivity contribution in [1.29, 1.82) is 0 Å². The second-order valence-electron chi connectivity index (χ2n) is 17.9. The summed E-state index contributed by atoms with van der Waals surface area (Å²) in [5, 5.41) is 0. The molecule has 7 fully saturated rings. The van der Waals surface area contributed by atoms with Gasteiger partial charge >= 0.3 is 0 Å². The smallest absolute Gasteiger partial charge is 0.0101 e. The molecule has 7 saturated carbocycles. The van der Waals surface area contributed by atoms with Gasteiger partial charge < -0.3 is 0 Å². The first-order valence-corrected chi connectivity index (χ1v) is 21.4. The maximum Gasteiger partial charge on any atom is 0.0101 e. The molecule has 0 bridgehead atoms. The Labute approximate surface area is 274 Å². The Morgan fingerprint density at radius 3 is 0.591 bits per heavy atom. The van der Waals surface area contributed by atoms with Gasteiger partial charge in [0.2, 0.25) is 0 Å². The first-order valence-electron chi connectivity index (χ1n) is 21.4. The van der Waals surface area contributed by atoms with E-state index >= 15 is 0 Å². The van der Waals surface area contributed by atoms with E-state index in [0.717, 1.165) is 59.9 Å². The van der Waals surface area contributed by atoms with Gasteiger partial charge in [-0.25, -0.2) is 0 Å². The molecule has 7 aliphatic carbocycles. The van der Waals surface area contributed by atoms with Gasteiger partial charge in [-0.15, -0.1) is 0 Å². The lowest BCUT2D eigenvalue weighted by Gasteiger charge is -2.50. The maximum atomic E-state index is 3.20. The van der Waals surface area contributed by atoms with Gasteiger partial charge in [-0.2, -0.15) is 0 Å². The fraction of sp³-hybridized carbons (Fsp3) is 1.00. The van der Waals surface area contributed by atoms with E-state index in [4.69, 9.17) is 0 Å². The van der Waals surface area contributed by atoms with Crippen molar-refractivity contribution in [3.05, 3.63) is 0 Å². The van der Waals surface area contributed by atoms with Gasteiger partial charge in [-0.05, 0) is 152 Å². The number of hydrogen-bond donors (Lipinski definition) is 0. The van der Waals surface area contributed by atoms with Gasteiger partial charge in [0.15, 0.2) is 0 Å². The highest BCUT2D eigenvalue weighted by Gasteiger charge is 2.41. The van der Waals surface area contributed by atoms with E-state index in [2.05, 4.69) is 9.80 Å². The molecule has 0 aromatic heterocycles. The topological polar surface area (TPSA) is 6.48 Å². The van der Waals surface area contributed by atoms with Crippen LogP contribution in [0.4, 0.5) is 0 Å². The number of hydrogen-bond acceptors (Lipinski definition) is 2. The highest BCUT2D eigenvalue weighted by molar-refractivity contribution is 4.95. The summed E-state index contributed by atoms with van der Waals surface area (Å²) in [5.41, 5.74) is 0. The Hall–Kier alpha value is -0.0800. The molecule has 44 heavy (non-hydrogen) atoms. The van der Waals surface area contributed by atoms with E-state index < -0.39 is 0 Å². The highest BCUT2D eigenvalue weighted by Crippen LogP contribution is 2.47. The van der Waals surface area contributed by atoms with Crippen LogP contribution in [-0.4, -0.2) is 46.1 Å². The number of nitrogens with zero attached hydrogens (tertiary/aromatic N) is 2. The normalized spacial score (nSPS) is 38.3. The van der Waals surface area contributed by atoms with Crippen molar-refractivity contribution in [1.82, 2.24) is 9.80 Å². The summed E-state index contributed by atoms with van der Waals surface area (Å²) < 4.78 is 0. The van der Waals surface area contributed by atoms with Crippen LogP contribution in [0, 0.1) is 23.7 Å². The molecular weight excluding hydrogens is 532 g/mol. The molecule has 7 rings (SSSR count). The van der Waals surface area contributed by atoms with Crippen molar-refractivity contribution < 1.29 is 0 Å². The Morgan fingerprint density at radius 1 is 0.182 bits per heavy atom. The zero-order valence-corrected chi connectivity index (χ0v) is 29.3. The molecule has 0 aromatic carbocycles. The van der Waals surface area contributed by atoms with Gasteiger partial charge in [0.1, 0.15) is 0 Å². The average Bonchev–Trinajstić information content (AvgIpc) is 3.11. The van der Waals surface area contributed by atoms with Crippen molar-refractivity contribution in [2.75, 3.05) is 0 Å². The zero-order valence-electron chi connectivity index (χ0n) is 29.3. The average molecular weight is 607 g/mol. The van der Waals surface area contributed by atoms with Crippen LogP contribution in [0.5, 0.6) is 0 Å². The van der Waals surface area contributed by atoms with Crippen LogP contribution in [-0.2, 0) is 0 Å². The predicted molar refractivity (Wildman–Crippen MR) is 188 cm³/mol. The van der Waals surface area contributed by atoms with E-state index in [9.17, 15) is 0 Å². The molecule has 0 atom stereocenters. The first-order chi connectivity index (χ1) is 21.8. The van der Waals surface area contributed by atoms with Crippen molar-refractivity contribution >= 4 is 0 Å². The van der Waals surface area contributed by atoms with Crippen LogP contribution >= 0.6 is 0 Å². The molecule has 0 saturated heterocycles. The fourth-order valence-corrected chi connectivity index (χ4v) is 13.1. The van der Waals surface area contributed by atoms with Crippen LogP contribution < -0.4 is 0 Å². The standard InChI is InChI=1S/C42H74N2/c1-5-13-37(14-6-1)43(38-15-7-2-8-16-38)41-29-25-35(26-30-41)33-21-23-34(24-22-33)36-27-31-42(32-28-36)44(39-17-9-3-10-18-39)40-19-11-4-12-20-40/h33-42H,1-32H2. The molecule has 0 aromatic rings. The lowest BCUT2D eigenvalue weighted by atomic mass is 9.65. The van der Waals surface area contributed by atoms with E-state index in [1.54, 1.807) is 77.0 Å². The number of rotatable bonds is 8. The van der Waals surface area contributed by atoms with E-state index in [1.165, 1.54) is 128 Å². The van der Waals surface area contributed by atoms with Crippen LogP contribution in [0.25, 0.3) is 0 Å². The molecule has 0 radical (unpaired) electrons. The molecule has 7 aliphatic rings. The molecule has 2 heteroatoms. The molecule has 0 spiro atoms. The second kappa shape index (κ2) is 16.3. The summed E-state index contributed by atoms with van der Waals surface area (Å²) in [6.07, 6.45) is 49.0. The van der Waals surface area contributed by atoms with Crippen LogP contribution in [0.15, 0.2) is 0 Å². The van der Waals surface area contributed by atoms with E-state index in [1.807, 2.05) is 0 Å². The van der Waals surface area contributed by atoms with Crippen LogP contribution in [0.2, 0.25) is 0 Å². The quantitative estimate of drug-likeness (QED) is 0.271. The third-order valence-electron chi connectivity index (χ3n) is 15.5. The van der Waals surface area contributed by atoms with Gasteiger partial charge in [0.05, 0.1) is 0 Å². The Bertz CT molecular complexity index is 688. The third kappa shape index (κ3) is 7.96. The first kappa shape index (κ1) is 32.5. The molecule has 0 N–H and O–H groups in total. The van der Waals surface area contributed by atoms with Gasteiger partial charge in [0, 0.05) is 36.3 Å². The van der Waals surface area contributed by atoms with Crippen molar-refractivity contribution in [2.45, 2.75) is 242 Å².